The molecule has 0 aliphatic rings. The van der Waals surface area contributed by atoms with E-state index in [1.165, 1.54) is 0 Å². The standard InChI is InChI=1S/C21H24BrNO3/c1-13(2)12-25-19-8-6-7-18(11-19)23-21(24)16(5)26-20-14(3)9-17(22)10-15(20)4/h6-11,16H,1,12H2,2-5H3,(H,23,24). The number of benzene rings is 2. The first-order chi connectivity index (χ1) is 12.3. The number of ether oxygens (including phenoxy) is 2. The highest BCUT2D eigenvalue weighted by Crippen LogP contribution is 2.28. The molecule has 0 saturated carbocycles. The highest BCUT2D eigenvalue weighted by atomic mass is 79.9. The molecule has 1 amide bonds. The van der Waals surface area contributed by atoms with Crippen LogP contribution in [0.4, 0.5) is 5.69 Å². The van der Waals surface area contributed by atoms with Crippen LogP contribution in [0.15, 0.2) is 53.0 Å². The van der Waals surface area contributed by atoms with E-state index in [1.54, 1.807) is 13.0 Å². The van der Waals surface area contributed by atoms with Crippen LogP contribution in [0.3, 0.4) is 0 Å². The van der Waals surface area contributed by atoms with E-state index in [0.717, 1.165) is 26.9 Å². The molecule has 0 saturated heterocycles. The summed E-state index contributed by atoms with van der Waals surface area (Å²) < 4.78 is 12.5. The molecule has 0 bridgehead atoms. The van der Waals surface area contributed by atoms with Crippen molar-refractivity contribution in [3.05, 3.63) is 64.1 Å². The molecule has 4 nitrogen and oxygen atoms in total. The molecule has 1 unspecified atom stereocenters. The van der Waals surface area contributed by atoms with Crippen LogP contribution < -0.4 is 14.8 Å². The highest BCUT2D eigenvalue weighted by Gasteiger charge is 2.17. The summed E-state index contributed by atoms with van der Waals surface area (Å²) in [4.78, 5) is 12.5. The Morgan fingerprint density at radius 2 is 1.88 bits per heavy atom. The van der Waals surface area contributed by atoms with Gasteiger partial charge in [0.15, 0.2) is 6.10 Å². The number of halogens is 1. The summed E-state index contributed by atoms with van der Waals surface area (Å²) in [6.07, 6.45) is -0.631. The van der Waals surface area contributed by atoms with Crippen molar-refractivity contribution in [3.8, 4) is 11.5 Å². The minimum Gasteiger partial charge on any atom is -0.489 e. The van der Waals surface area contributed by atoms with Gasteiger partial charge in [-0.05, 0) is 68.7 Å². The quantitative estimate of drug-likeness (QED) is 0.611. The molecule has 2 aromatic rings. The van der Waals surface area contributed by atoms with Gasteiger partial charge in [0.2, 0.25) is 0 Å². The minimum atomic E-state index is -0.631. The summed E-state index contributed by atoms with van der Waals surface area (Å²) in [6.45, 7) is 11.8. The van der Waals surface area contributed by atoms with Gasteiger partial charge in [-0.1, -0.05) is 28.6 Å². The number of carbonyl (C=O) groups is 1. The third-order valence-corrected chi connectivity index (χ3v) is 4.13. The molecule has 0 heterocycles. The molecule has 0 aliphatic heterocycles. The first-order valence-corrected chi connectivity index (χ1v) is 9.17. The van der Waals surface area contributed by atoms with Crippen molar-refractivity contribution >= 4 is 27.5 Å². The predicted octanol–water partition coefficient (Wildman–Crippen LogP) is 5.43. The smallest absolute Gasteiger partial charge is 0.265 e. The SMILES string of the molecule is C=C(C)COc1cccc(NC(=O)C(C)Oc2c(C)cc(Br)cc2C)c1. The van der Waals surface area contributed by atoms with E-state index in [9.17, 15) is 4.79 Å². The molecule has 1 atom stereocenters. The summed E-state index contributed by atoms with van der Waals surface area (Å²) in [5.74, 6) is 1.19. The van der Waals surface area contributed by atoms with Gasteiger partial charge in [-0.2, -0.15) is 0 Å². The number of hydrogen-bond acceptors (Lipinski definition) is 3. The maximum Gasteiger partial charge on any atom is 0.265 e. The zero-order chi connectivity index (χ0) is 19.3. The van der Waals surface area contributed by atoms with Crippen molar-refractivity contribution in [2.24, 2.45) is 0 Å². The molecule has 26 heavy (non-hydrogen) atoms. The first kappa shape index (κ1) is 20.0. The summed E-state index contributed by atoms with van der Waals surface area (Å²) in [5, 5.41) is 2.86. The lowest BCUT2D eigenvalue weighted by molar-refractivity contribution is -0.122. The molecule has 0 radical (unpaired) electrons. The summed E-state index contributed by atoms with van der Waals surface area (Å²) in [5.41, 5.74) is 3.55. The Morgan fingerprint density at radius 3 is 2.50 bits per heavy atom. The van der Waals surface area contributed by atoms with Gasteiger partial charge < -0.3 is 14.8 Å². The van der Waals surface area contributed by atoms with Gasteiger partial charge >= 0.3 is 0 Å². The van der Waals surface area contributed by atoms with E-state index < -0.39 is 6.10 Å². The summed E-state index contributed by atoms with van der Waals surface area (Å²) in [6, 6.07) is 11.2. The second-order valence-corrected chi connectivity index (χ2v) is 7.31. The number of rotatable bonds is 7. The van der Waals surface area contributed by atoms with Crippen LogP contribution in [-0.4, -0.2) is 18.6 Å². The normalized spacial score (nSPS) is 11.6. The Bertz CT molecular complexity index is 794. The van der Waals surface area contributed by atoms with E-state index in [4.69, 9.17) is 9.47 Å². The molecule has 138 valence electrons. The number of aryl methyl sites for hydroxylation is 2. The van der Waals surface area contributed by atoms with Crippen molar-refractivity contribution in [2.45, 2.75) is 33.8 Å². The van der Waals surface area contributed by atoms with Crippen LogP contribution in [0.25, 0.3) is 0 Å². The van der Waals surface area contributed by atoms with E-state index >= 15 is 0 Å². The van der Waals surface area contributed by atoms with Crippen molar-refractivity contribution in [2.75, 3.05) is 11.9 Å². The van der Waals surface area contributed by atoms with Crippen LogP contribution in [0.1, 0.15) is 25.0 Å². The Balaban J connectivity index is 2.03. The molecule has 2 aromatic carbocycles. The zero-order valence-electron chi connectivity index (χ0n) is 15.6. The van der Waals surface area contributed by atoms with Crippen LogP contribution in [0.5, 0.6) is 11.5 Å². The van der Waals surface area contributed by atoms with Crippen LogP contribution in [0, 0.1) is 13.8 Å². The fourth-order valence-electron chi connectivity index (χ4n) is 2.43. The second kappa shape index (κ2) is 8.90. The van der Waals surface area contributed by atoms with Crippen molar-refractivity contribution < 1.29 is 14.3 Å². The van der Waals surface area contributed by atoms with Gasteiger partial charge in [0, 0.05) is 16.2 Å². The number of amides is 1. The van der Waals surface area contributed by atoms with E-state index in [0.29, 0.717) is 18.0 Å². The van der Waals surface area contributed by atoms with Crippen LogP contribution in [-0.2, 0) is 4.79 Å². The molecule has 5 heteroatoms. The lowest BCUT2D eigenvalue weighted by atomic mass is 10.1. The average Bonchev–Trinajstić information content (AvgIpc) is 2.56. The number of hydrogen-bond donors (Lipinski definition) is 1. The summed E-state index contributed by atoms with van der Waals surface area (Å²) in [7, 11) is 0. The second-order valence-electron chi connectivity index (χ2n) is 6.39. The monoisotopic (exact) mass is 417 g/mol. The minimum absolute atomic E-state index is 0.219. The molecular formula is C21H24BrNO3. The average molecular weight is 418 g/mol. The topological polar surface area (TPSA) is 47.6 Å². The summed E-state index contributed by atoms with van der Waals surface area (Å²) >= 11 is 3.46. The fraction of sp³-hybridized carbons (Fsp3) is 0.286. The number of carbonyl (C=O) groups excluding carboxylic acids is 1. The molecular weight excluding hydrogens is 394 g/mol. The third-order valence-electron chi connectivity index (χ3n) is 3.68. The first-order valence-electron chi connectivity index (χ1n) is 8.37. The Hall–Kier alpha value is -2.27. The molecule has 0 spiro atoms. The molecule has 1 N–H and O–H groups in total. The van der Waals surface area contributed by atoms with Crippen LogP contribution >= 0.6 is 15.9 Å². The Labute approximate surface area is 163 Å². The Kier molecular flexibility index (Phi) is 6.86. The fourth-order valence-corrected chi connectivity index (χ4v) is 3.11. The van der Waals surface area contributed by atoms with Gasteiger partial charge in [0.25, 0.3) is 5.91 Å². The van der Waals surface area contributed by atoms with Gasteiger partial charge in [0.05, 0.1) is 0 Å². The third kappa shape index (κ3) is 5.63. The van der Waals surface area contributed by atoms with Crippen molar-refractivity contribution in [3.63, 3.8) is 0 Å². The predicted molar refractivity (Wildman–Crippen MR) is 109 cm³/mol. The molecule has 0 aromatic heterocycles. The van der Waals surface area contributed by atoms with E-state index in [-0.39, 0.29) is 5.91 Å². The van der Waals surface area contributed by atoms with Gasteiger partial charge in [-0.25, -0.2) is 0 Å². The number of nitrogens with one attached hydrogen (secondary N) is 1. The largest absolute Gasteiger partial charge is 0.489 e. The lowest BCUT2D eigenvalue weighted by Gasteiger charge is -2.18. The van der Waals surface area contributed by atoms with E-state index in [1.807, 2.05) is 51.1 Å². The molecule has 0 fully saturated rings. The molecule has 2 rings (SSSR count). The lowest BCUT2D eigenvalue weighted by Crippen LogP contribution is -2.30. The van der Waals surface area contributed by atoms with Crippen LogP contribution in [0.2, 0.25) is 0 Å². The zero-order valence-corrected chi connectivity index (χ0v) is 17.1. The van der Waals surface area contributed by atoms with Gasteiger partial charge in [-0.3, -0.25) is 4.79 Å². The molecule has 0 aliphatic carbocycles. The maximum absolute atomic E-state index is 12.5. The van der Waals surface area contributed by atoms with Gasteiger partial charge in [0.1, 0.15) is 18.1 Å². The van der Waals surface area contributed by atoms with Crippen molar-refractivity contribution in [1.82, 2.24) is 0 Å². The Morgan fingerprint density at radius 1 is 1.23 bits per heavy atom. The highest BCUT2D eigenvalue weighted by molar-refractivity contribution is 9.10. The maximum atomic E-state index is 12.5. The van der Waals surface area contributed by atoms with Crippen molar-refractivity contribution in [1.29, 1.82) is 0 Å². The van der Waals surface area contributed by atoms with Gasteiger partial charge in [-0.15, -0.1) is 0 Å². The number of anilines is 1. The van der Waals surface area contributed by atoms with E-state index in [2.05, 4.69) is 27.8 Å².